The van der Waals surface area contributed by atoms with E-state index in [4.69, 9.17) is 0 Å². The summed E-state index contributed by atoms with van der Waals surface area (Å²) in [7, 11) is 0. The largest absolute Gasteiger partial charge is 0.504 e. The Kier molecular flexibility index (Phi) is 13.7. The lowest BCUT2D eigenvalue weighted by atomic mass is 10.0. The van der Waals surface area contributed by atoms with Crippen LogP contribution in [-0.4, -0.2) is 10.2 Å². The average Bonchev–Trinajstić information content (AvgIpc) is 2.64. The summed E-state index contributed by atoms with van der Waals surface area (Å²) < 4.78 is 0. The highest BCUT2D eigenvalue weighted by molar-refractivity contribution is 5.61. The van der Waals surface area contributed by atoms with Gasteiger partial charge in [0, 0.05) is 5.56 Å². The first-order valence-corrected chi connectivity index (χ1v) is 10.9. The van der Waals surface area contributed by atoms with Crippen LogP contribution in [0.1, 0.15) is 109 Å². The fraction of sp³-hybridized carbons (Fsp3) is 0.667. The van der Waals surface area contributed by atoms with Crippen molar-refractivity contribution in [3.8, 4) is 11.5 Å². The smallest absolute Gasteiger partial charge is 0.164 e. The first-order valence-electron chi connectivity index (χ1n) is 10.9. The molecule has 2 nitrogen and oxygen atoms in total. The predicted octanol–water partition coefficient (Wildman–Crippen LogP) is 7.98. The van der Waals surface area contributed by atoms with Gasteiger partial charge < -0.3 is 10.2 Å². The van der Waals surface area contributed by atoms with Crippen molar-refractivity contribution in [2.75, 3.05) is 0 Å². The number of aromatic hydroxyl groups is 2. The highest BCUT2D eigenvalue weighted by Crippen LogP contribution is 2.29. The quantitative estimate of drug-likeness (QED) is 0.232. The van der Waals surface area contributed by atoms with Crippen LogP contribution in [0.25, 0.3) is 6.08 Å². The Balaban J connectivity index is 1.86. The maximum absolute atomic E-state index is 9.72. The molecule has 148 valence electrons. The lowest BCUT2D eigenvalue weighted by Gasteiger charge is -2.03. The first-order chi connectivity index (χ1) is 12.8. The van der Waals surface area contributed by atoms with Gasteiger partial charge >= 0.3 is 0 Å². The molecule has 1 aromatic rings. The molecule has 2 N–H and O–H groups in total. The Bertz CT molecular complexity index is 479. The topological polar surface area (TPSA) is 40.5 Å². The number of hydrogen-bond donors (Lipinski definition) is 2. The minimum absolute atomic E-state index is 0.0234. The summed E-state index contributed by atoms with van der Waals surface area (Å²) in [6, 6.07) is 5.07. The van der Waals surface area contributed by atoms with Gasteiger partial charge in [0.1, 0.15) is 0 Å². The number of allylic oxidation sites excluding steroid dienone is 1. The monoisotopic (exact) mass is 360 g/mol. The van der Waals surface area contributed by atoms with Crippen LogP contribution in [0, 0.1) is 0 Å². The molecule has 0 atom stereocenters. The number of benzene rings is 1. The predicted molar refractivity (Wildman–Crippen MR) is 114 cm³/mol. The molecule has 26 heavy (non-hydrogen) atoms. The van der Waals surface area contributed by atoms with Gasteiger partial charge in [0.15, 0.2) is 11.5 Å². The van der Waals surface area contributed by atoms with Crippen molar-refractivity contribution in [2.24, 2.45) is 0 Å². The normalized spacial score (nSPS) is 11.4. The summed E-state index contributed by atoms with van der Waals surface area (Å²) >= 11 is 0. The minimum atomic E-state index is -0.0522. The van der Waals surface area contributed by atoms with Gasteiger partial charge in [-0.05, 0) is 18.9 Å². The summed E-state index contributed by atoms with van der Waals surface area (Å²) in [4.78, 5) is 0. The third kappa shape index (κ3) is 11.2. The van der Waals surface area contributed by atoms with Gasteiger partial charge in [0.2, 0.25) is 0 Å². The zero-order valence-corrected chi connectivity index (χ0v) is 16.9. The fourth-order valence-electron chi connectivity index (χ4n) is 3.35. The van der Waals surface area contributed by atoms with Gasteiger partial charge in [-0.1, -0.05) is 115 Å². The number of phenolic OH excluding ortho intramolecular Hbond substituents is 2. The van der Waals surface area contributed by atoms with E-state index in [1.807, 2.05) is 12.1 Å². The molecule has 0 saturated carbocycles. The molecule has 0 aliphatic heterocycles. The second kappa shape index (κ2) is 15.8. The molecule has 0 radical (unpaired) electrons. The van der Waals surface area contributed by atoms with Crippen LogP contribution in [0.4, 0.5) is 0 Å². The van der Waals surface area contributed by atoms with Crippen LogP contribution in [0.5, 0.6) is 11.5 Å². The molecule has 0 aliphatic carbocycles. The molecule has 0 saturated heterocycles. The Labute approximate surface area is 161 Å². The van der Waals surface area contributed by atoms with Gasteiger partial charge in [-0.2, -0.15) is 0 Å². The van der Waals surface area contributed by atoms with Gasteiger partial charge in [0.25, 0.3) is 0 Å². The number of phenols is 2. The molecular weight excluding hydrogens is 320 g/mol. The summed E-state index contributed by atoms with van der Waals surface area (Å²) in [6.07, 6.45) is 24.4. The molecule has 0 aromatic heterocycles. The van der Waals surface area contributed by atoms with E-state index in [1.165, 1.54) is 96.0 Å². The maximum atomic E-state index is 9.72. The highest BCUT2D eigenvalue weighted by atomic mass is 16.3. The average molecular weight is 361 g/mol. The number of para-hydroxylation sites is 1. The van der Waals surface area contributed by atoms with E-state index in [-0.39, 0.29) is 11.5 Å². The van der Waals surface area contributed by atoms with Gasteiger partial charge in [0.05, 0.1) is 0 Å². The number of hydrogen-bond acceptors (Lipinski definition) is 2. The van der Waals surface area contributed by atoms with Gasteiger partial charge in [-0.25, -0.2) is 0 Å². The molecule has 1 aromatic carbocycles. The van der Waals surface area contributed by atoms with Gasteiger partial charge in [-0.3, -0.25) is 0 Å². The van der Waals surface area contributed by atoms with Crippen molar-refractivity contribution in [2.45, 2.75) is 103 Å². The van der Waals surface area contributed by atoms with E-state index >= 15 is 0 Å². The molecule has 2 heteroatoms. The molecule has 0 spiro atoms. The van der Waals surface area contributed by atoms with Gasteiger partial charge in [-0.15, -0.1) is 0 Å². The maximum Gasteiger partial charge on any atom is 0.164 e. The lowest BCUT2D eigenvalue weighted by molar-refractivity contribution is 0.403. The van der Waals surface area contributed by atoms with E-state index in [9.17, 15) is 10.2 Å². The van der Waals surface area contributed by atoms with Crippen LogP contribution < -0.4 is 0 Å². The lowest BCUT2D eigenvalue weighted by Crippen LogP contribution is -1.83. The summed E-state index contributed by atoms with van der Waals surface area (Å²) in [5.41, 5.74) is 0.690. The summed E-state index contributed by atoms with van der Waals surface area (Å²) in [6.45, 7) is 2.28. The van der Waals surface area contributed by atoms with Crippen molar-refractivity contribution in [1.82, 2.24) is 0 Å². The Morgan fingerprint density at radius 3 is 1.73 bits per heavy atom. The molecule has 0 fully saturated rings. The van der Waals surface area contributed by atoms with Crippen LogP contribution in [0.3, 0.4) is 0 Å². The summed E-state index contributed by atoms with van der Waals surface area (Å²) in [5, 5.41) is 19.2. The Hall–Kier alpha value is -1.44. The van der Waals surface area contributed by atoms with E-state index in [1.54, 1.807) is 6.07 Å². The zero-order valence-electron chi connectivity index (χ0n) is 16.9. The highest BCUT2D eigenvalue weighted by Gasteiger charge is 2.01. The molecular formula is C24H40O2. The Morgan fingerprint density at radius 1 is 0.692 bits per heavy atom. The van der Waals surface area contributed by atoms with Crippen LogP contribution in [-0.2, 0) is 0 Å². The molecule has 0 heterocycles. The van der Waals surface area contributed by atoms with E-state index in [2.05, 4.69) is 13.0 Å². The number of rotatable bonds is 16. The standard InChI is InChI=1S/C24H40O2/c1-2-3-4-5-6-7-8-9-10-11-12-13-14-15-16-17-19-22-20-18-21-23(25)24(22)26/h17-21,25-26H,2-16H2,1H3. The van der Waals surface area contributed by atoms with Crippen molar-refractivity contribution in [1.29, 1.82) is 0 Å². The second-order valence-electron chi connectivity index (χ2n) is 7.50. The molecule has 0 bridgehead atoms. The Morgan fingerprint density at radius 2 is 1.19 bits per heavy atom. The van der Waals surface area contributed by atoms with E-state index in [0.717, 1.165) is 6.42 Å². The first kappa shape index (κ1) is 22.6. The third-order valence-electron chi connectivity index (χ3n) is 5.07. The van der Waals surface area contributed by atoms with Crippen LogP contribution in [0.15, 0.2) is 24.3 Å². The zero-order chi connectivity index (χ0) is 18.9. The number of unbranched alkanes of at least 4 members (excludes halogenated alkanes) is 14. The van der Waals surface area contributed by atoms with Crippen molar-refractivity contribution in [3.05, 3.63) is 29.8 Å². The molecule has 0 aliphatic rings. The second-order valence-corrected chi connectivity index (χ2v) is 7.50. The van der Waals surface area contributed by atoms with Crippen LogP contribution in [0.2, 0.25) is 0 Å². The molecule has 1 rings (SSSR count). The fourth-order valence-corrected chi connectivity index (χ4v) is 3.35. The third-order valence-corrected chi connectivity index (χ3v) is 5.07. The molecule has 0 amide bonds. The SMILES string of the molecule is CCCCCCCCCCCCCCCCC=Cc1cccc(O)c1O. The van der Waals surface area contributed by atoms with E-state index < -0.39 is 0 Å². The van der Waals surface area contributed by atoms with Crippen molar-refractivity contribution >= 4 is 6.08 Å². The summed E-state index contributed by atoms with van der Waals surface area (Å²) in [5.74, 6) is -0.0756. The van der Waals surface area contributed by atoms with E-state index in [0.29, 0.717) is 5.56 Å². The minimum Gasteiger partial charge on any atom is -0.504 e. The molecule has 0 unspecified atom stereocenters. The van der Waals surface area contributed by atoms with Crippen LogP contribution >= 0.6 is 0 Å². The van der Waals surface area contributed by atoms with Crippen molar-refractivity contribution < 1.29 is 10.2 Å². The van der Waals surface area contributed by atoms with Crippen molar-refractivity contribution in [3.63, 3.8) is 0 Å².